The van der Waals surface area contributed by atoms with Crippen LogP contribution in [0.5, 0.6) is 0 Å². The zero-order chi connectivity index (χ0) is 23.6. The van der Waals surface area contributed by atoms with Gasteiger partial charge in [-0.25, -0.2) is 0 Å². The topological polar surface area (TPSA) is 114 Å². The number of carbonyl (C=O) groups excluding carboxylic acids is 3. The Morgan fingerprint density at radius 3 is 2.50 bits per heavy atom. The lowest BCUT2D eigenvalue weighted by Gasteiger charge is -2.22. The first-order valence-corrected chi connectivity index (χ1v) is 10.7. The minimum atomic E-state index is -0.617. The van der Waals surface area contributed by atoms with E-state index in [2.05, 4.69) is 23.8 Å². The van der Waals surface area contributed by atoms with Crippen molar-refractivity contribution in [1.82, 2.24) is 10.6 Å². The number of hydrogen-bond acceptors (Lipinski definition) is 6. The molecule has 0 aliphatic heterocycles. The molecular weight excluding hydrogens is 412 g/mol. The van der Waals surface area contributed by atoms with E-state index in [-0.39, 0.29) is 63.6 Å². The smallest absolute Gasteiger partial charge is 0.306 e. The first-order valence-electron chi connectivity index (χ1n) is 10.7. The molecule has 8 nitrogen and oxygen atoms in total. The van der Waals surface area contributed by atoms with Gasteiger partial charge in [-0.3, -0.25) is 14.4 Å². The van der Waals surface area contributed by atoms with E-state index in [0.717, 1.165) is 5.56 Å². The second kappa shape index (κ2) is 16.7. The number of carbonyl (C=O) groups is 3. The van der Waals surface area contributed by atoms with Gasteiger partial charge in [0, 0.05) is 19.4 Å². The third-order valence-corrected chi connectivity index (χ3v) is 4.54. The van der Waals surface area contributed by atoms with E-state index in [1.165, 1.54) is 0 Å². The monoisotopic (exact) mass is 446 g/mol. The van der Waals surface area contributed by atoms with Gasteiger partial charge < -0.3 is 25.2 Å². The van der Waals surface area contributed by atoms with Gasteiger partial charge in [0.1, 0.15) is 6.61 Å². The molecule has 0 spiro atoms. The Balaban J connectivity index is 2.71. The Bertz CT molecular complexity index is 722. The zero-order valence-electron chi connectivity index (χ0n) is 18.5. The molecule has 3 N–H and O–H groups in total. The molecule has 0 aliphatic carbocycles. The molecule has 0 radical (unpaired) electrons. The maximum atomic E-state index is 12.9. The molecule has 0 saturated heterocycles. The van der Waals surface area contributed by atoms with Crippen molar-refractivity contribution in [1.29, 1.82) is 0 Å². The summed E-state index contributed by atoms with van der Waals surface area (Å²) >= 11 is 0. The summed E-state index contributed by atoms with van der Waals surface area (Å²) in [5.74, 6) is -1.60. The number of rotatable bonds is 17. The molecule has 1 aromatic rings. The number of esters is 1. The van der Waals surface area contributed by atoms with E-state index in [1.54, 1.807) is 12.2 Å². The van der Waals surface area contributed by atoms with Crippen LogP contribution in [0.15, 0.2) is 55.6 Å². The van der Waals surface area contributed by atoms with E-state index < -0.39 is 12.0 Å². The predicted molar refractivity (Wildman–Crippen MR) is 122 cm³/mol. The number of benzene rings is 1. The molecule has 1 aromatic carbocycles. The fourth-order valence-corrected chi connectivity index (χ4v) is 2.87. The Morgan fingerprint density at radius 2 is 1.84 bits per heavy atom. The van der Waals surface area contributed by atoms with Crippen molar-refractivity contribution in [2.45, 2.75) is 31.7 Å². The molecule has 0 heterocycles. The summed E-state index contributed by atoms with van der Waals surface area (Å²) in [6, 6.07) is 8.66. The SMILES string of the molecule is C=CCCC(=O)OC[C@H](NC(=O)[C@H](CC=C)CC(=O)NCCOCCO)c1ccccc1. The second-order valence-corrected chi connectivity index (χ2v) is 7.09. The molecule has 176 valence electrons. The maximum Gasteiger partial charge on any atom is 0.306 e. The third-order valence-electron chi connectivity index (χ3n) is 4.54. The molecule has 0 saturated carbocycles. The van der Waals surface area contributed by atoms with Crippen molar-refractivity contribution < 1.29 is 29.0 Å². The summed E-state index contributed by atoms with van der Waals surface area (Å²) in [7, 11) is 0. The van der Waals surface area contributed by atoms with Crippen molar-refractivity contribution in [2.75, 3.05) is 33.0 Å². The third kappa shape index (κ3) is 11.4. The second-order valence-electron chi connectivity index (χ2n) is 7.09. The van der Waals surface area contributed by atoms with Crippen LogP contribution in [0.2, 0.25) is 0 Å². The van der Waals surface area contributed by atoms with Crippen molar-refractivity contribution >= 4 is 17.8 Å². The molecule has 2 atom stereocenters. The number of hydrogen-bond donors (Lipinski definition) is 3. The number of nitrogens with one attached hydrogen (secondary N) is 2. The van der Waals surface area contributed by atoms with Crippen LogP contribution in [0, 0.1) is 5.92 Å². The summed E-state index contributed by atoms with van der Waals surface area (Å²) in [6.07, 6.45) is 4.28. The van der Waals surface area contributed by atoms with Gasteiger partial charge in [-0.1, -0.05) is 42.5 Å². The summed E-state index contributed by atoms with van der Waals surface area (Å²) in [4.78, 5) is 37.1. The maximum absolute atomic E-state index is 12.9. The van der Waals surface area contributed by atoms with Crippen LogP contribution < -0.4 is 10.6 Å². The number of aliphatic hydroxyl groups excluding tert-OH is 1. The number of aliphatic hydroxyl groups is 1. The molecule has 8 heteroatoms. The van der Waals surface area contributed by atoms with Crippen LogP contribution in [0.3, 0.4) is 0 Å². The van der Waals surface area contributed by atoms with E-state index in [9.17, 15) is 14.4 Å². The van der Waals surface area contributed by atoms with Crippen LogP contribution in [-0.4, -0.2) is 55.9 Å². The first kappa shape index (κ1) is 27.1. The van der Waals surface area contributed by atoms with Gasteiger partial charge in [0.15, 0.2) is 0 Å². The van der Waals surface area contributed by atoms with E-state index in [0.29, 0.717) is 12.8 Å². The highest BCUT2D eigenvalue weighted by molar-refractivity contribution is 5.86. The lowest BCUT2D eigenvalue weighted by Crippen LogP contribution is -2.39. The van der Waals surface area contributed by atoms with E-state index in [4.69, 9.17) is 14.6 Å². The standard InChI is InChI=1S/C24H34N2O6/c1-3-5-12-23(29)32-18-21(19-10-7-6-8-11-19)26-24(30)20(9-4-2)17-22(28)25-13-15-31-16-14-27/h3-4,6-8,10-11,20-21,27H,1-2,5,9,12-18H2,(H,25,28)(H,26,30)/t20-,21+/m1/s1. The van der Waals surface area contributed by atoms with Gasteiger partial charge >= 0.3 is 5.97 Å². The van der Waals surface area contributed by atoms with Gasteiger partial charge in [0.25, 0.3) is 0 Å². The normalized spacial score (nSPS) is 12.3. The first-order chi connectivity index (χ1) is 15.5. The van der Waals surface area contributed by atoms with Crippen molar-refractivity contribution in [3.8, 4) is 0 Å². The molecule has 0 bridgehead atoms. The number of amides is 2. The summed E-state index contributed by atoms with van der Waals surface area (Å²) in [5.41, 5.74) is 0.792. The fraction of sp³-hybridized carbons (Fsp3) is 0.458. The minimum Gasteiger partial charge on any atom is -0.463 e. The largest absolute Gasteiger partial charge is 0.463 e. The van der Waals surface area contributed by atoms with Crippen LogP contribution in [0.4, 0.5) is 0 Å². The summed E-state index contributed by atoms with van der Waals surface area (Å²) in [6.45, 7) is 7.94. The lowest BCUT2D eigenvalue weighted by atomic mass is 9.98. The van der Waals surface area contributed by atoms with Crippen LogP contribution in [0.25, 0.3) is 0 Å². The molecule has 0 fully saturated rings. The number of allylic oxidation sites excluding steroid dienone is 2. The lowest BCUT2D eigenvalue weighted by molar-refractivity contribution is -0.145. The molecule has 2 amide bonds. The molecule has 32 heavy (non-hydrogen) atoms. The van der Waals surface area contributed by atoms with Gasteiger partial charge in [0.2, 0.25) is 11.8 Å². The van der Waals surface area contributed by atoms with Crippen molar-refractivity contribution in [3.63, 3.8) is 0 Å². The van der Waals surface area contributed by atoms with E-state index >= 15 is 0 Å². The highest BCUT2D eigenvalue weighted by Crippen LogP contribution is 2.17. The number of ether oxygens (including phenoxy) is 2. The molecular formula is C24H34N2O6. The molecule has 0 aromatic heterocycles. The highest BCUT2D eigenvalue weighted by atomic mass is 16.5. The van der Waals surface area contributed by atoms with Crippen molar-refractivity contribution in [2.24, 2.45) is 5.92 Å². The highest BCUT2D eigenvalue weighted by Gasteiger charge is 2.24. The molecule has 0 unspecified atom stereocenters. The quantitative estimate of drug-likeness (QED) is 0.192. The van der Waals surface area contributed by atoms with E-state index in [1.807, 2.05) is 30.3 Å². The van der Waals surface area contributed by atoms with Crippen LogP contribution in [0.1, 0.15) is 37.3 Å². The molecule has 0 aliphatic rings. The molecule has 1 rings (SSSR count). The van der Waals surface area contributed by atoms with Gasteiger partial charge in [-0.15, -0.1) is 13.2 Å². The predicted octanol–water partition coefficient (Wildman–Crippen LogP) is 2.06. The minimum absolute atomic E-state index is 0.0130. The van der Waals surface area contributed by atoms with Gasteiger partial charge in [-0.2, -0.15) is 0 Å². The van der Waals surface area contributed by atoms with Crippen LogP contribution >= 0.6 is 0 Å². The Hall–Kier alpha value is -2.97. The Labute approximate surface area is 189 Å². The Kier molecular flexibility index (Phi) is 14.1. The summed E-state index contributed by atoms with van der Waals surface area (Å²) in [5, 5.41) is 14.3. The Morgan fingerprint density at radius 1 is 1.09 bits per heavy atom. The fourth-order valence-electron chi connectivity index (χ4n) is 2.87. The van der Waals surface area contributed by atoms with Gasteiger partial charge in [-0.05, 0) is 18.4 Å². The van der Waals surface area contributed by atoms with Gasteiger partial charge in [0.05, 0.1) is 31.8 Å². The average molecular weight is 447 g/mol. The average Bonchev–Trinajstić information content (AvgIpc) is 2.80. The summed E-state index contributed by atoms with van der Waals surface area (Å²) < 4.78 is 10.4. The zero-order valence-corrected chi connectivity index (χ0v) is 18.5. The van der Waals surface area contributed by atoms with Crippen molar-refractivity contribution in [3.05, 3.63) is 61.2 Å². The van der Waals surface area contributed by atoms with Crippen LogP contribution in [-0.2, 0) is 23.9 Å².